The molecule has 0 radical (unpaired) electrons. The summed E-state index contributed by atoms with van der Waals surface area (Å²) in [5.74, 6) is 0.565. The Hall–Kier alpha value is -0.170. The molecule has 0 saturated carbocycles. The maximum atomic E-state index is 12.4. The van der Waals surface area contributed by atoms with E-state index in [0.29, 0.717) is 19.1 Å². The first-order valence-electron chi connectivity index (χ1n) is 7.25. The van der Waals surface area contributed by atoms with Gasteiger partial charge in [-0.2, -0.15) is 4.31 Å². The molecule has 0 spiro atoms. The smallest absolute Gasteiger partial charge is 0.216 e. The normalized spacial score (nSPS) is 18.4. The highest BCUT2D eigenvalue weighted by atomic mass is 32.2. The first-order chi connectivity index (χ1) is 8.97. The van der Waals surface area contributed by atoms with Crippen LogP contribution in [0.15, 0.2) is 0 Å². The molecule has 0 amide bonds. The van der Waals surface area contributed by atoms with Crippen LogP contribution in [0.3, 0.4) is 0 Å². The monoisotopic (exact) mass is 292 g/mol. The van der Waals surface area contributed by atoms with Crippen molar-refractivity contribution in [2.24, 2.45) is 5.92 Å². The highest BCUT2D eigenvalue weighted by Crippen LogP contribution is 2.18. The van der Waals surface area contributed by atoms with Gasteiger partial charge >= 0.3 is 0 Å². The molecule has 1 heterocycles. The van der Waals surface area contributed by atoms with Crippen LogP contribution >= 0.6 is 0 Å². The third kappa shape index (κ3) is 5.77. The Bertz CT molecular complexity index is 338. The van der Waals surface area contributed by atoms with Crippen LogP contribution in [0.1, 0.15) is 33.6 Å². The van der Waals surface area contributed by atoms with Gasteiger partial charge in [-0.1, -0.05) is 0 Å². The van der Waals surface area contributed by atoms with Gasteiger partial charge in [0.2, 0.25) is 10.0 Å². The van der Waals surface area contributed by atoms with Gasteiger partial charge in [-0.25, -0.2) is 8.42 Å². The lowest BCUT2D eigenvalue weighted by atomic mass is 9.98. The number of sulfonamides is 1. The Morgan fingerprint density at radius 3 is 2.47 bits per heavy atom. The fraction of sp³-hybridized carbons (Fsp3) is 1.00. The van der Waals surface area contributed by atoms with Gasteiger partial charge in [0.1, 0.15) is 0 Å². The summed E-state index contributed by atoms with van der Waals surface area (Å²) >= 11 is 0. The minimum atomic E-state index is -3.21. The fourth-order valence-electron chi connectivity index (χ4n) is 2.39. The van der Waals surface area contributed by atoms with Crippen LogP contribution in [0.25, 0.3) is 0 Å². The summed E-state index contributed by atoms with van der Waals surface area (Å²) < 4.78 is 31.5. The number of nitrogens with one attached hydrogen (secondary N) is 1. The van der Waals surface area contributed by atoms with Crippen LogP contribution in [-0.2, 0) is 14.8 Å². The van der Waals surface area contributed by atoms with Crippen molar-refractivity contribution in [3.8, 4) is 0 Å². The molecule has 0 aliphatic carbocycles. The third-order valence-corrected chi connectivity index (χ3v) is 5.49. The van der Waals surface area contributed by atoms with E-state index in [1.165, 1.54) is 0 Å². The van der Waals surface area contributed by atoms with Crippen molar-refractivity contribution in [2.75, 3.05) is 38.6 Å². The Labute approximate surface area is 117 Å². The van der Waals surface area contributed by atoms with Gasteiger partial charge in [-0.05, 0) is 52.6 Å². The van der Waals surface area contributed by atoms with E-state index in [0.717, 1.165) is 25.9 Å². The van der Waals surface area contributed by atoms with E-state index in [9.17, 15) is 8.42 Å². The summed E-state index contributed by atoms with van der Waals surface area (Å²) in [6.45, 7) is 9.25. The molecule has 1 N–H and O–H groups in total. The first-order valence-corrected chi connectivity index (χ1v) is 8.86. The average molecular weight is 292 g/mol. The zero-order valence-electron chi connectivity index (χ0n) is 12.4. The number of rotatable bonds is 8. The van der Waals surface area contributed by atoms with Gasteiger partial charge in [0, 0.05) is 19.2 Å². The zero-order valence-corrected chi connectivity index (χ0v) is 13.2. The van der Waals surface area contributed by atoms with Crippen molar-refractivity contribution < 1.29 is 13.2 Å². The Morgan fingerprint density at radius 1 is 1.32 bits per heavy atom. The Morgan fingerprint density at radius 2 is 1.95 bits per heavy atom. The summed E-state index contributed by atoms with van der Waals surface area (Å²) in [5, 5.41) is 3.31. The molecule has 1 aliphatic rings. The van der Waals surface area contributed by atoms with Gasteiger partial charge in [0.05, 0.1) is 12.4 Å². The highest BCUT2D eigenvalue weighted by Gasteiger charge is 2.28. The Balaban J connectivity index is 2.59. The molecule has 19 heavy (non-hydrogen) atoms. The molecule has 1 rings (SSSR count). The topological polar surface area (TPSA) is 58.6 Å². The van der Waals surface area contributed by atoms with Gasteiger partial charge < -0.3 is 10.1 Å². The number of ether oxygens (including phenoxy) is 1. The SMILES string of the molecule is CCOCCS(=O)(=O)N(CC1CCNCC1)C(C)C. The molecule has 0 aromatic heterocycles. The lowest BCUT2D eigenvalue weighted by Crippen LogP contribution is -2.44. The predicted molar refractivity (Wildman–Crippen MR) is 77.7 cm³/mol. The van der Waals surface area contributed by atoms with Crippen molar-refractivity contribution in [1.29, 1.82) is 0 Å². The van der Waals surface area contributed by atoms with Crippen LogP contribution in [0.5, 0.6) is 0 Å². The summed E-state index contributed by atoms with van der Waals surface area (Å²) in [7, 11) is -3.21. The van der Waals surface area contributed by atoms with Crippen molar-refractivity contribution in [3.05, 3.63) is 0 Å². The molecular formula is C13H28N2O3S. The van der Waals surface area contributed by atoms with Gasteiger partial charge in [-0.15, -0.1) is 0 Å². The third-order valence-electron chi connectivity index (χ3n) is 3.52. The molecule has 0 bridgehead atoms. The molecular weight excluding hydrogens is 264 g/mol. The van der Waals surface area contributed by atoms with E-state index in [4.69, 9.17) is 4.74 Å². The summed E-state index contributed by atoms with van der Waals surface area (Å²) in [4.78, 5) is 0. The molecule has 1 aliphatic heterocycles. The van der Waals surface area contributed by atoms with E-state index < -0.39 is 10.0 Å². The Kier molecular flexibility index (Phi) is 7.28. The van der Waals surface area contributed by atoms with Crippen LogP contribution in [0, 0.1) is 5.92 Å². The van der Waals surface area contributed by atoms with Crippen LogP contribution in [0.4, 0.5) is 0 Å². The van der Waals surface area contributed by atoms with Crippen molar-refractivity contribution in [3.63, 3.8) is 0 Å². The number of nitrogens with zero attached hydrogens (tertiary/aromatic N) is 1. The quantitative estimate of drug-likeness (QED) is 0.680. The molecule has 5 nitrogen and oxygen atoms in total. The average Bonchev–Trinajstić information content (AvgIpc) is 2.37. The minimum Gasteiger partial charge on any atom is -0.381 e. The minimum absolute atomic E-state index is 0.0153. The van der Waals surface area contributed by atoms with E-state index in [2.05, 4.69) is 5.32 Å². The molecule has 0 unspecified atom stereocenters. The molecule has 1 saturated heterocycles. The second-order valence-electron chi connectivity index (χ2n) is 5.37. The van der Waals surface area contributed by atoms with Gasteiger partial charge in [0.15, 0.2) is 0 Å². The second-order valence-corrected chi connectivity index (χ2v) is 7.41. The molecule has 1 fully saturated rings. The highest BCUT2D eigenvalue weighted by molar-refractivity contribution is 7.89. The lowest BCUT2D eigenvalue weighted by Gasteiger charge is -2.32. The largest absolute Gasteiger partial charge is 0.381 e. The molecule has 114 valence electrons. The maximum Gasteiger partial charge on any atom is 0.216 e. The standard InChI is InChI=1S/C13H28N2O3S/c1-4-18-9-10-19(16,17)15(12(2)3)11-13-5-7-14-8-6-13/h12-14H,4-11H2,1-3H3. The van der Waals surface area contributed by atoms with Gasteiger partial charge in [0.25, 0.3) is 0 Å². The molecule has 0 aromatic rings. The predicted octanol–water partition coefficient (Wildman–Crippen LogP) is 1.06. The number of hydrogen-bond acceptors (Lipinski definition) is 4. The molecule has 6 heteroatoms. The molecule has 0 aromatic carbocycles. The van der Waals surface area contributed by atoms with Crippen molar-refractivity contribution in [1.82, 2.24) is 9.62 Å². The van der Waals surface area contributed by atoms with Crippen molar-refractivity contribution in [2.45, 2.75) is 39.7 Å². The zero-order chi connectivity index (χ0) is 14.3. The number of hydrogen-bond donors (Lipinski definition) is 1. The van der Waals surface area contributed by atoms with Crippen molar-refractivity contribution >= 4 is 10.0 Å². The lowest BCUT2D eigenvalue weighted by molar-refractivity contribution is 0.161. The van der Waals surface area contributed by atoms with E-state index in [-0.39, 0.29) is 18.4 Å². The van der Waals surface area contributed by atoms with E-state index in [1.54, 1.807) is 4.31 Å². The summed E-state index contributed by atoms with van der Waals surface area (Å²) in [5.41, 5.74) is 0. The van der Waals surface area contributed by atoms with Crippen LogP contribution < -0.4 is 5.32 Å². The number of piperidine rings is 1. The second kappa shape index (κ2) is 8.19. The first kappa shape index (κ1) is 16.9. The van der Waals surface area contributed by atoms with Crippen LogP contribution in [0.2, 0.25) is 0 Å². The maximum absolute atomic E-state index is 12.4. The van der Waals surface area contributed by atoms with E-state index in [1.807, 2.05) is 20.8 Å². The van der Waals surface area contributed by atoms with Crippen LogP contribution in [-0.4, -0.2) is 57.4 Å². The fourth-order valence-corrected chi connectivity index (χ4v) is 4.03. The summed E-state index contributed by atoms with van der Waals surface area (Å²) in [6, 6.07) is 0.0153. The van der Waals surface area contributed by atoms with E-state index >= 15 is 0 Å². The molecule has 0 atom stereocenters. The van der Waals surface area contributed by atoms with Gasteiger partial charge in [-0.3, -0.25) is 0 Å². The summed E-state index contributed by atoms with van der Waals surface area (Å²) in [6.07, 6.45) is 2.12.